The van der Waals surface area contributed by atoms with Crippen LogP contribution >= 0.6 is 0 Å². The molecule has 0 saturated heterocycles. The molecule has 4 nitrogen and oxygen atoms in total. The summed E-state index contributed by atoms with van der Waals surface area (Å²) in [6.45, 7) is 3.97. The molecule has 88 valence electrons. The van der Waals surface area contributed by atoms with E-state index in [0.29, 0.717) is 6.04 Å². The summed E-state index contributed by atoms with van der Waals surface area (Å²) >= 11 is 0. The Hall–Kier alpha value is -0.870. The average molecular weight is 220 g/mol. The van der Waals surface area contributed by atoms with Crippen LogP contribution in [0.2, 0.25) is 0 Å². The molecule has 1 fully saturated rings. The molecule has 2 aliphatic rings. The van der Waals surface area contributed by atoms with Gasteiger partial charge in [0.05, 0.1) is 6.54 Å². The fourth-order valence-corrected chi connectivity index (χ4v) is 2.94. The largest absolute Gasteiger partial charge is 0.333 e. The molecule has 2 heterocycles. The van der Waals surface area contributed by atoms with Gasteiger partial charge in [0.1, 0.15) is 5.82 Å². The summed E-state index contributed by atoms with van der Waals surface area (Å²) in [4.78, 5) is 6.94. The van der Waals surface area contributed by atoms with Gasteiger partial charge in [0.15, 0.2) is 0 Å². The second-order valence-electron chi connectivity index (χ2n) is 5.00. The molecule has 0 radical (unpaired) electrons. The minimum Gasteiger partial charge on any atom is -0.333 e. The van der Waals surface area contributed by atoms with E-state index in [1.165, 1.54) is 25.1 Å². The van der Waals surface area contributed by atoms with E-state index < -0.39 is 0 Å². The summed E-state index contributed by atoms with van der Waals surface area (Å²) in [7, 11) is 0. The molecule has 2 N–H and O–H groups in total. The van der Waals surface area contributed by atoms with Crippen LogP contribution in [0, 0.1) is 5.92 Å². The lowest BCUT2D eigenvalue weighted by atomic mass is 9.79. The molecule has 4 heteroatoms. The maximum Gasteiger partial charge on any atom is 0.122 e. The molecule has 0 bridgehead atoms. The zero-order valence-electron chi connectivity index (χ0n) is 9.68. The number of fused-ring (bicyclic) bond motifs is 1. The maximum absolute atomic E-state index is 5.94. The van der Waals surface area contributed by atoms with Gasteiger partial charge in [0.2, 0.25) is 0 Å². The van der Waals surface area contributed by atoms with Gasteiger partial charge in [-0.05, 0) is 18.8 Å². The van der Waals surface area contributed by atoms with Crippen LogP contribution < -0.4 is 5.73 Å². The van der Waals surface area contributed by atoms with E-state index in [2.05, 4.69) is 20.6 Å². The predicted molar refractivity (Wildman–Crippen MR) is 62.8 cm³/mol. The molecule has 0 aromatic carbocycles. The molecule has 16 heavy (non-hydrogen) atoms. The van der Waals surface area contributed by atoms with Crippen molar-refractivity contribution >= 4 is 0 Å². The Morgan fingerprint density at radius 1 is 1.44 bits per heavy atom. The summed E-state index contributed by atoms with van der Waals surface area (Å²) in [5.41, 5.74) is 5.94. The predicted octanol–water partition coefficient (Wildman–Crippen LogP) is 0.826. The van der Waals surface area contributed by atoms with E-state index >= 15 is 0 Å². The van der Waals surface area contributed by atoms with Crippen molar-refractivity contribution in [2.45, 2.75) is 38.4 Å². The van der Waals surface area contributed by atoms with Gasteiger partial charge < -0.3 is 10.3 Å². The first-order valence-electron chi connectivity index (χ1n) is 6.32. The van der Waals surface area contributed by atoms with Crippen molar-refractivity contribution in [2.24, 2.45) is 11.7 Å². The maximum atomic E-state index is 5.94. The molecule has 0 spiro atoms. The Morgan fingerprint density at radius 3 is 3.00 bits per heavy atom. The van der Waals surface area contributed by atoms with Crippen molar-refractivity contribution in [3.63, 3.8) is 0 Å². The van der Waals surface area contributed by atoms with Gasteiger partial charge in [0, 0.05) is 38.1 Å². The summed E-state index contributed by atoms with van der Waals surface area (Å²) in [5, 5.41) is 0. The number of aromatic nitrogens is 2. The van der Waals surface area contributed by atoms with Crippen molar-refractivity contribution in [1.82, 2.24) is 14.5 Å². The van der Waals surface area contributed by atoms with Gasteiger partial charge in [-0.1, -0.05) is 6.42 Å². The lowest BCUT2D eigenvalue weighted by Gasteiger charge is -2.42. The molecule has 1 aromatic rings. The molecule has 1 aliphatic heterocycles. The zero-order valence-corrected chi connectivity index (χ0v) is 9.68. The van der Waals surface area contributed by atoms with Crippen molar-refractivity contribution < 1.29 is 0 Å². The summed E-state index contributed by atoms with van der Waals surface area (Å²) < 4.78 is 2.25. The SMILES string of the molecule is NCC(C1CCC1)N1CCn2ccnc2C1. The number of nitrogens with zero attached hydrogens (tertiary/aromatic N) is 3. The number of nitrogens with two attached hydrogens (primary N) is 1. The third-order valence-corrected chi connectivity index (χ3v) is 4.18. The molecule has 3 rings (SSSR count). The Balaban J connectivity index is 1.71. The third-order valence-electron chi connectivity index (χ3n) is 4.18. The fourth-order valence-electron chi connectivity index (χ4n) is 2.94. The Morgan fingerprint density at radius 2 is 2.31 bits per heavy atom. The first-order chi connectivity index (χ1) is 7.88. The molecule has 1 aliphatic carbocycles. The average Bonchev–Trinajstić information content (AvgIpc) is 2.69. The van der Waals surface area contributed by atoms with Crippen molar-refractivity contribution in [2.75, 3.05) is 13.1 Å². The lowest BCUT2D eigenvalue weighted by molar-refractivity contribution is 0.0759. The topological polar surface area (TPSA) is 47.1 Å². The highest BCUT2D eigenvalue weighted by Crippen LogP contribution is 2.32. The lowest BCUT2D eigenvalue weighted by Crippen LogP contribution is -2.50. The molecule has 0 amide bonds. The van der Waals surface area contributed by atoms with Gasteiger partial charge >= 0.3 is 0 Å². The molecular formula is C12H20N4. The first kappa shape index (κ1) is 10.3. The minimum atomic E-state index is 0.583. The highest BCUT2D eigenvalue weighted by Gasteiger charge is 2.32. The van der Waals surface area contributed by atoms with E-state index in [9.17, 15) is 0 Å². The number of rotatable bonds is 3. The third kappa shape index (κ3) is 1.66. The van der Waals surface area contributed by atoms with Gasteiger partial charge in [-0.2, -0.15) is 0 Å². The molecule has 1 atom stereocenters. The van der Waals surface area contributed by atoms with Gasteiger partial charge in [0.25, 0.3) is 0 Å². The Bertz CT molecular complexity index is 356. The van der Waals surface area contributed by atoms with Gasteiger partial charge in [-0.15, -0.1) is 0 Å². The normalized spacial score (nSPS) is 23.8. The second kappa shape index (κ2) is 4.18. The molecule has 1 unspecified atom stereocenters. The van der Waals surface area contributed by atoms with E-state index in [1.807, 2.05) is 6.20 Å². The smallest absolute Gasteiger partial charge is 0.122 e. The van der Waals surface area contributed by atoms with E-state index in [0.717, 1.165) is 32.1 Å². The van der Waals surface area contributed by atoms with Crippen LogP contribution in [0.15, 0.2) is 12.4 Å². The van der Waals surface area contributed by atoms with Crippen molar-refractivity contribution in [1.29, 1.82) is 0 Å². The van der Waals surface area contributed by atoms with E-state index in [-0.39, 0.29) is 0 Å². The minimum absolute atomic E-state index is 0.583. The molecule has 1 aromatic heterocycles. The van der Waals surface area contributed by atoms with Crippen LogP contribution in [0.5, 0.6) is 0 Å². The van der Waals surface area contributed by atoms with Crippen LogP contribution in [0.25, 0.3) is 0 Å². The highest BCUT2D eigenvalue weighted by molar-refractivity contribution is 4.98. The fraction of sp³-hybridized carbons (Fsp3) is 0.750. The zero-order chi connectivity index (χ0) is 11.0. The van der Waals surface area contributed by atoms with Gasteiger partial charge in [-0.3, -0.25) is 4.90 Å². The van der Waals surface area contributed by atoms with Crippen LogP contribution in [0.4, 0.5) is 0 Å². The standard InChI is InChI=1S/C12H20N4/c13-8-11(10-2-1-3-10)16-7-6-15-5-4-14-12(15)9-16/h4-5,10-11H,1-3,6-9,13H2. The summed E-state index contributed by atoms with van der Waals surface area (Å²) in [5.74, 6) is 2.04. The Kier molecular flexibility index (Phi) is 2.69. The molecular weight excluding hydrogens is 200 g/mol. The van der Waals surface area contributed by atoms with Crippen LogP contribution in [0.1, 0.15) is 25.1 Å². The number of imidazole rings is 1. The monoisotopic (exact) mass is 220 g/mol. The highest BCUT2D eigenvalue weighted by atomic mass is 15.3. The second-order valence-corrected chi connectivity index (χ2v) is 5.00. The first-order valence-corrected chi connectivity index (χ1v) is 6.32. The van der Waals surface area contributed by atoms with Crippen molar-refractivity contribution in [3.8, 4) is 0 Å². The van der Waals surface area contributed by atoms with Crippen LogP contribution in [-0.2, 0) is 13.1 Å². The van der Waals surface area contributed by atoms with E-state index in [4.69, 9.17) is 5.73 Å². The van der Waals surface area contributed by atoms with Crippen LogP contribution in [-0.4, -0.2) is 33.6 Å². The summed E-state index contributed by atoms with van der Waals surface area (Å²) in [6.07, 6.45) is 8.11. The van der Waals surface area contributed by atoms with Crippen LogP contribution in [0.3, 0.4) is 0 Å². The molecule has 1 saturated carbocycles. The number of hydrogen-bond donors (Lipinski definition) is 1. The van der Waals surface area contributed by atoms with Crippen molar-refractivity contribution in [3.05, 3.63) is 18.2 Å². The quantitative estimate of drug-likeness (QED) is 0.820. The van der Waals surface area contributed by atoms with E-state index in [1.54, 1.807) is 0 Å². The number of hydrogen-bond acceptors (Lipinski definition) is 3. The van der Waals surface area contributed by atoms with Gasteiger partial charge in [-0.25, -0.2) is 4.98 Å². The Labute approximate surface area is 96.4 Å². The summed E-state index contributed by atoms with van der Waals surface area (Å²) in [6, 6.07) is 0.583.